The van der Waals surface area contributed by atoms with Crippen LogP contribution in [0, 0.1) is 0 Å². The van der Waals surface area contributed by atoms with E-state index in [0.717, 1.165) is 11.4 Å². The summed E-state index contributed by atoms with van der Waals surface area (Å²) in [6, 6.07) is 9.02. The molecule has 0 radical (unpaired) electrons. The third-order valence-electron chi connectivity index (χ3n) is 2.01. The Bertz CT molecular complexity index is 470. The van der Waals surface area contributed by atoms with Crippen molar-refractivity contribution in [3.8, 4) is 5.88 Å². The van der Waals surface area contributed by atoms with Crippen LogP contribution in [0.2, 0.25) is 0 Å². The molecule has 5 nitrogen and oxygen atoms in total. The molecule has 0 bridgehead atoms. The number of ether oxygens (including phenoxy) is 1. The molecule has 5 heteroatoms. The lowest BCUT2D eigenvalue weighted by molar-refractivity contribution is 0.397. The summed E-state index contributed by atoms with van der Waals surface area (Å²) in [7, 11) is 1.56. The van der Waals surface area contributed by atoms with Gasteiger partial charge in [0.2, 0.25) is 11.8 Å². The van der Waals surface area contributed by atoms with Gasteiger partial charge in [0.25, 0.3) is 0 Å². The molecule has 0 atom stereocenters. The van der Waals surface area contributed by atoms with Crippen molar-refractivity contribution < 1.29 is 4.74 Å². The predicted molar refractivity (Wildman–Crippen MR) is 62.7 cm³/mol. The fraction of sp³-hybridized carbons (Fsp3) is 0.0909. The molecule has 0 aliphatic rings. The number of hydrogen-bond acceptors (Lipinski definition) is 5. The summed E-state index contributed by atoms with van der Waals surface area (Å²) >= 11 is 0. The number of anilines is 3. The lowest BCUT2D eigenvalue weighted by atomic mass is 10.3. The SMILES string of the molecule is COc1ccnc(Nc2ccc(N)cc2)n1. The zero-order valence-corrected chi connectivity index (χ0v) is 8.84. The van der Waals surface area contributed by atoms with E-state index in [1.807, 2.05) is 24.3 Å². The first-order chi connectivity index (χ1) is 7.78. The van der Waals surface area contributed by atoms with Crippen molar-refractivity contribution in [2.45, 2.75) is 0 Å². The first kappa shape index (κ1) is 10.2. The molecule has 3 N–H and O–H groups in total. The maximum atomic E-state index is 5.59. The summed E-state index contributed by atoms with van der Waals surface area (Å²) < 4.78 is 5.00. The zero-order valence-electron chi connectivity index (χ0n) is 8.84. The Labute approximate surface area is 93.3 Å². The van der Waals surface area contributed by atoms with Crippen LogP contribution < -0.4 is 15.8 Å². The molecule has 0 saturated carbocycles. The van der Waals surface area contributed by atoms with Gasteiger partial charge >= 0.3 is 0 Å². The molecular weight excluding hydrogens is 204 g/mol. The molecule has 0 saturated heterocycles. The standard InChI is InChI=1S/C11H12N4O/c1-16-10-6-7-13-11(15-10)14-9-4-2-8(12)3-5-9/h2-7H,12H2,1H3,(H,13,14,15). The molecule has 0 unspecified atom stereocenters. The highest BCUT2D eigenvalue weighted by atomic mass is 16.5. The minimum Gasteiger partial charge on any atom is -0.481 e. The van der Waals surface area contributed by atoms with E-state index in [-0.39, 0.29) is 0 Å². The summed E-state index contributed by atoms with van der Waals surface area (Å²) in [5.41, 5.74) is 7.18. The Morgan fingerprint density at radius 3 is 2.62 bits per heavy atom. The molecule has 2 aromatic rings. The van der Waals surface area contributed by atoms with Crippen molar-refractivity contribution in [2.75, 3.05) is 18.2 Å². The van der Waals surface area contributed by atoms with Crippen molar-refractivity contribution in [2.24, 2.45) is 0 Å². The molecule has 1 aromatic carbocycles. The van der Waals surface area contributed by atoms with Crippen LogP contribution in [0.3, 0.4) is 0 Å². The van der Waals surface area contributed by atoms with Crippen molar-refractivity contribution in [3.05, 3.63) is 36.5 Å². The average Bonchev–Trinajstić information content (AvgIpc) is 2.32. The van der Waals surface area contributed by atoms with Gasteiger partial charge in [-0.05, 0) is 24.3 Å². The number of hydrogen-bond donors (Lipinski definition) is 2. The number of nitrogens with two attached hydrogens (primary N) is 1. The van der Waals surface area contributed by atoms with Gasteiger partial charge in [0.15, 0.2) is 0 Å². The molecule has 2 rings (SSSR count). The lowest BCUT2D eigenvalue weighted by Crippen LogP contribution is -1.98. The van der Waals surface area contributed by atoms with Gasteiger partial charge in [-0.1, -0.05) is 0 Å². The van der Waals surface area contributed by atoms with Crippen LogP contribution in [0.4, 0.5) is 17.3 Å². The van der Waals surface area contributed by atoms with E-state index in [0.29, 0.717) is 11.8 Å². The number of aromatic nitrogens is 2. The van der Waals surface area contributed by atoms with Crippen LogP contribution in [-0.4, -0.2) is 17.1 Å². The number of nitrogens with zero attached hydrogens (tertiary/aromatic N) is 2. The summed E-state index contributed by atoms with van der Waals surface area (Å²) in [6.07, 6.45) is 1.63. The fourth-order valence-electron chi connectivity index (χ4n) is 1.21. The molecule has 0 amide bonds. The van der Waals surface area contributed by atoms with Gasteiger partial charge in [-0.3, -0.25) is 0 Å². The molecule has 0 spiro atoms. The van der Waals surface area contributed by atoms with Crippen LogP contribution >= 0.6 is 0 Å². The number of methoxy groups -OCH3 is 1. The summed E-state index contributed by atoms with van der Waals surface area (Å²) in [5, 5.41) is 3.05. The van der Waals surface area contributed by atoms with Crippen molar-refractivity contribution in [1.82, 2.24) is 9.97 Å². The number of nitrogen functional groups attached to an aromatic ring is 1. The highest BCUT2D eigenvalue weighted by Crippen LogP contribution is 2.16. The highest BCUT2D eigenvalue weighted by molar-refractivity contribution is 5.57. The maximum Gasteiger partial charge on any atom is 0.230 e. The van der Waals surface area contributed by atoms with Gasteiger partial charge in [0.05, 0.1) is 7.11 Å². The largest absolute Gasteiger partial charge is 0.481 e. The fourth-order valence-corrected chi connectivity index (χ4v) is 1.21. The number of rotatable bonds is 3. The average molecular weight is 216 g/mol. The van der Waals surface area contributed by atoms with Gasteiger partial charge in [0.1, 0.15) is 0 Å². The Balaban J connectivity index is 2.16. The third-order valence-corrected chi connectivity index (χ3v) is 2.01. The lowest BCUT2D eigenvalue weighted by Gasteiger charge is -2.05. The quantitative estimate of drug-likeness (QED) is 0.765. The van der Waals surface area contributed by atoms with Crippen molar-refractivity contribution >= 4 is 17.3 Å². The first-order valence-corrected chi connectivity index (χ1v) is 4.77. The third kappa shape index (κ3) is 2.38. The van der Waals surface area contributed by atoms with E-state index < -0.39 is 0 Å². The van der Waals surface area contributed by atoms with Crippen LogP contribution in [0.1, 0.15) is 0 Å². The maximum absolute atomic E-state index is 5.59. The first-order valence-electron chi connectivity index (χ1n) is 4.77. The Morgan fingerprint density at radius 1 is 1.19 bits per heavy atom. The van der Waals surface area contributed by atoms with Crippen molar-refractivity contribution in [3.63, 3.8) is 0 Å². The van der Waals surface area contributed by atoms with Gasteiger partial charge in [-0.25, -0.2) is 4.98 Å². The van der Waals surface area contributed by atoms with E-state index in [2.05, 4.69) is 15.3 Å². The minimum absolute atomic E-state index is 0.490. The van der Waals surface area contributed by atoms with E-state index in [1.165, 1.54) is 0 Å². The van der Waals surface area contributed by atoms with Crippen LogP contribution in [0.5, 0.6) is 5.88 Å². The number of nitrogens with one attached hydrogen (secondary N) is 1. The molecule has 0 aliphatic heterocycles. The Morgan fingerprint density at radius 2 is 1.94 bits per heavy atom. The van der Waals surface area contributed by atoms with Crippen molar-refractivity contribution in [1.29, 1.82) is 0 Å². The van der Waals surface area contributed by atoms with E-state index in [4.69, 9.17) is 10.5 Å². The van der Waals surface area contributed by atoms with Gasteiger partial charge < -0.3 is 15.8 Å². The smallest absolute Gasteiger partial charge is 0.230 e. The normalized spacial score (nSPS) is 9.81. The van der Waals surface area contributed by atoms with Crippen LogP contribution in [0.25, 0.3) is 0 Å². The molecule has 1 aromatic heterocycles. The summed E-state index contributed by atoms with van der Waals surface area (Å²) in [6.45, 7) is 0. The summed E-state index contributed by atoms with van der Waals surface area (Å²) in [5.74, 6) is 1.01. The second-order valence-corrected chi connectivity index (χ2v) is 3.17. The molecule has 82 valence electrons. The van der Waals surface area contributed by atoms with E-state index in [1.54, 1.807) is 19.4 Å². The van der Waals surface area contributed by atoms with E-state index in [9.17, 15) is 0 Å². The van der Waals surface area contributed by atoms with Crippen LogP contribution in [0.15, 0.2) is 36.5 Å². The minimum atomic E-state index is 0.490. The van der Waals surface area contributed by atoms with E-state index >= 15 is 0 Å². The predicted octanol–water partition coefficient (Wildman–Crippen LogP) is 1.81. The van der Waals surface area contributed by atoms with Gasteiger partial charge in [-0.2, -0.15) is 4.98 Å². The highest BCUT2D eigenvalue weighted by Gasteiger charge is 1.99. The summed E-state index contributed by atoms with van der Waals surface area (Å²) in [4.78, 5) is 8.20. The molecule has 1 heterocycles. The Hall–Kier alpha value is -2.30. The van der Waals surface area contributed by atoms with Gasteiger partial charge in [0, 0.05) is 23.6 Å². The molecule has 0 aliphatic carbocycles. The second-order valence-electron chi connectivity index (χ2n) is 3.17. The molecular formula is C11H12N4O. The molecule has 0 fully saturated rings. The molecule has 16 heavy (non-hydrogen) atoms. The second kappa shape index (κ2) is 4.48. The van der Waals surface area contributed by atoms with Gasteiger partial charge in [-0.15, -0.1) is 0 Å². The van der Waals surface area contributed by atoms with Crippen LogP contribution in [-0.2, 0) is 0 Å². The number of benzene rings is 1. The Kier molecular flexibility index (Phi) is 2.86. The zero-order chi connectivity index (χ0) is 11.4. The monoisotopic (exact) mass is 216 g/mol. The topological polar surface area (TPSA) is 73.1 Å².